The molecule has 2 aliphatic rings. The minimum atomic E-state index is 0.0212. The highest BCUT2D eigenvalue weighted by Gasteiger charge is 2.33. The fourth-order valence-corrected chi connectivity index (χ4v) is 3.72. The van der Waals surface area contributed by atoms with Gasteiger partial charge in [0.05, 0.1) is 5.92 Å². The van der Waals surface area contributed by atoms with Crippen LogP contribution in [0.5, 0.6) is 0 Å². The molecule has 1 saturated heterocycles. The highest BCUT2D eigenvalue weighted by Crippen LogP contribution is 2.28. The number of hydrogen-bond donors (Lipinski definition) is 2. The lowest BCUT2D eigenvalue weighted by atomic mass is 9.76. The van der Waals surface area contributed by atoms with Crippen molar-refractivity contribution in [2.75, 3.05) is 26.2 Å². The van der Waals surface area contributed by atoms with Crippen molar-refractivity contribution in [1.82, 2.24) is 10.2 Å². The van der Waals surface area contributed by atoms with Gasteiger partial charge in [0, 0.05) is 19.1 Å². The number of hydrogen-bond acceptors (Lipinski definition) is 3. The Labute approximate surface area is 123 Å². The van der Waals surface area contributed by atoms with Gasteiger partial charge in [-0.05, 0) is 44.7 Å². The van der Waals surface area contributed by atoms with Crippen LogP contribution in [0.25, 0.3) is 0 Å². The SMILES string of the molecule is CC1CCCC(N)C1C(=O)NCCN1CCCCCC1. The first-order valence-corrected chi connectivity index (χ1v) is 8.44. The fraction of sp³-hybridized carbons (Fsp3) is 0.938. The molecule has 116 valence electrons. The van der Waals surface area contributed by atoms with Crippen LogP contribution in [0.2, 0.25) is 0 Å². The van der Waals surface area contributed by atoms with Crippen LogP contribution < -0.4 is 11.1 Å². The van der Waals surface area contributed by atoms with E-state index in [0.29, 0.717) is 5.92 Å². The number of rotatable bonds is 4. The lowest BCUT2D eigenvalue weighted by Crippen LogP contribution is -2.48. The molecule has 3 N–H and O–H groups in total. The Bertz CT molecular complexity index is 290. The standard InChI is InChI=1S/C16H31N3O/c1-13-7-6-8-14(17)15(13)16(20)18-9-12-19-10-4-2-3-5-11-19/h13-15H,2-12,17H2,1H3,(H,18,20). The molecule has 0 radical (unpaired) electrons. The predicted molar refractivity (Wildman–Crippen MR) is 82.4 cm³/mol. The van der Waals surface area contributed by atoms with E-state index in [0.717, 1.165) is 25.9 Å². The van der Waals surface area contributed by atoms with E-state index in [1.165, 1.54) is 45.2 Å². The molecule has 2 fully saturated rings. The molecule has 1 saturated carbocycles. The molecule has 3 unspecified atom stereocenters. The molecule has 1 aliphatic heterocycles. The minimum Gasteiger partial charge on any atom is -0.355 e. The zero-order valence-corrected chi connectivity index (χ0v) is 12.9. The third-order valence-corrected chi connectivity index (χ3v) is 5.00. The Kier molecular flexibility index (Phi) is 6.30. The van der Waals surface area contributed by atoms with E-state index in [1.807, 2.05) is 0 Å². The van der Waals surface area contributed by atoms with Crippen molar-refractivity contribution in [1.29, 1.82) is 0 Å². The maximum atomic E-state index is 12.3. The van der Waals surface area contributed by atoms with Gasteiger partial charge < -0.3 is 16.0 Å². The van der Waals surface area contributed by atoms with E-state index in [9.17, 15) is 4.79 Å². The summed E-state index contributed by atoms with van der Waals surface area (Å²) >= 11 is 0. The Morgan fingerprint density at radius 2 is 1.85 bits per heavy atom. The van der Waals surface area contributed by atoms with E-state index in [1.54, 1.807) is 0 Å². The molecule has 4 nitrogen and oxygen atoms in total. The van der Waals surface area contributed by atoms with Gasteiger partial charge in [-0.15, -0.1) is 0 Å². The first kappa shape index (κ1) is 15.8. The summed E-state index contributed by atoms with van der Waals surface area (Å²) < 4.78 is 0. The van der Waals surface area contributed by atoms with Gasteiger partial charge in [-0.3, -0.25) is 4.79 Å². The lowest BCUT2D eigenvalue weighted by molar-refractivity contribution is -0.128. The molecule has 0 aromatic rings. The van der Waals surface area contributed by atoms with Crippen molar-refractivity contribution in [3.8, 4) is 0 Å². The summed E-state index contributed by atoms with van der Waals surface area (Å²) in [6, 6.07) is 0.0527. The molecule has 0 bridgehead atoms. The van der Waals surface area contributed by atoms with E-state index in [4.69, 9.17) is 5.73 Å². The predicted octanol–water partition coefficient (Wildman–Crippen LogP) is 1.74. The monoisotopic (exact) mass is 281 g/mol. The molecule has 4 heteroatoms. The number of carbonyl (C=O) groups is 1. The van der Waals surface area contributed by atoms with Crippen molar-refractivity contribution < 1.29 is 4.79 Å². The average molecular weight is 281 g/mol. The van der Waals surface area contributed by atoms with Crippen molar-refractivity contribution in [3.63, 3.8) is 0 Å². The normalized spacial score (nSPS) is 32.6. The zero-order chi connectivity index (χ0) is 14.4. The van der Waals surface area contributed by atoms with Gasteiger partial charge in [-0.25, -0.2) is 0 Å². The first-order valence-electron chi connectivity index (χ1n) is 8.44. The van der Waals surface area contributed by atoms with Crippen molar-refractivity contribution in [2.24, 2.45) is 17.6 Å². The minimum absolute atomic E-state index is 0.0212. The molecule has 1 amide bonds. The van der Waals surface area contributed by atoms with Gasteiger partial charge in [0.15, 0.2) is 0 Å². The van der Waals surface area contributed by atoms with Crippen LogP contribution in [-0.2, 0) is 4.79 Å². The summed E-state index contributed by atoms with van der Waals surface area (Å²) in [6.45, 7) is 6.30. The van der Waals surface area contributed by atoms with Crippen LogP contribution in [0.4, 0.5) is 0 Å². The highest BCUT2D eigenvalue weighted by molar-refractivity contribution is 5.79. The summed E-state index contributed by atoms with van der Waals surface area (Å²) in [5, 5.41) is 3.12. The van der Waals surface area contributed by atoms with Gasteiger partial charge >= 0.3 is 0 Å². The molecule has 0 aromatic carbocycles. The molecule has 20 heavy (non-hydrogen) atoms. The van der Waals surface area contributed by atoms with Gasteiger partial charge in [0.25, 0.3) is 0 Å². The van der Waals surface area contributed by atoms with E-state index in [2.05, 4.69) is 17.1 Å². The second kappa shape index (κ2) is 7.99. The number of nitrogens with zero attached hydrogens (tertiary/aromatic N) is 1. The summed E-state index contributed by atoms with van der Waals surface area (Å²) in [4.78, 5) is 14.8. The van der Waals surface area contributed by atoms with Gasteiger partial charge in [0.1, 0.15) is 0 Å². The summed E-state index contributed by atoms with van der Waals surface area (Å²) in [5.74, 6) is 0.629. The molecule has 2 rings (SSSR count). The Balaban J connectivity index is 1.71. The lowest BCUT2D eigenvalue weighted by Gasteiger charge is -2.33. The quantitative estimate of drug-likeness (QED) is 0.825. The summed E-state index contributed by atoms with van der Waals surface area (Å²) in [7, 11) is 0. The van der Waals surface area contributed by atoms with Gasteiger partial charge in [-0.2, -0.15) is 0 Å². The van der Waals surface area contributed by atoms with Crippen LogP contribution in [0.1, 0.15) is 51.9 Å². The third kappa shape index (κ3) is 4.45. The van der Waals surface area contributed by atoms with Gasteiger partial charge in [0.2, 0.25) is 5.91 Å². The largest absolute Gasteiger partial charge is 0.355 e. The first-order chi connectivity index (χ1) is 9.68. The third-order valence-electron chi connectivity index (χ3n) is 5.00. The summed E-state index contributed by atoms with van der Waals surface area (Å²) in [6.07, 6.45) is 8.62. The number of carbonyl (C=O) groups excluding carboxylic acids is 1. The highest BCUT2D eigenvalue weighted by atomic mass is 16.1. The van der Waals surface area contributed by atoms with Crippen LogP contribution in [0.15, 0.2) is 0 Å². The Morgan fingerprint density at radius 3 is 2.50 bits per heavy atom. The average Bonchev–Trinajstić information content (AvgIpc) is 2.67. The summed E-state index contributed by atoms with van der Waals surface area (Å²) in [5.41, 5.74) is 6.13. The number of likely N-dealkylation sites (tertiary alicyclic amines) is 1. The molecule has 0 spiro atoms. The number of nitrogens with two attached hydrogens (primary N) is 1. The van der Waals surface area contributed by atoms with E-state index >= 15 is 0 Å². The smallest absolute Gasteiger partial charge is 0.224 e. The topological polar surface area (TPSA) is 58.4 Å². The Morgan fingerprint density at radius 1 is 1.15 bits per heavy atom. The van der Waals surface area contributed by atoms with Crippen molar-refractivity contribution in [3.05, 3.63) is 0 Å². The van der Waals surface area contributed by atoms with E-state index < -0.39 is 0 Å². The van der Waals surface area contributed by atoms with Crippen molar-refractivity contribution >= 4 is 5.91 Å². The maximum Gasteiger partial charge on any atom is 0.224 e. The number of amides is 1. The zero-order valence-electron chi connectivity index (χ0n) is 12.9. The van der Waals surface area contributed by atoms with Crippen LogP contribution >= 0.6 is 0 Å². The van der Waals surface area contributed by atoms with Crippen LogP contribution in [0, 0.1) is 11.8 Å². The van der Waals surface area contributed by atoms with Crippen LogP contribution in [0.3, 0.4) is 0 Å². The van der Waals surface area contributed by atoms with Gasteiger partial charge in [-0.1, -0.05) is 26.2 Å². The fourth-order valence-electron chi connectivity index (χ4n) is 3.72. The second-order valence-corrected chi connectivity index (χ2v) is 6.64. The maximum absolute atomic E-state index is 12.3. The molecule has 1 aliphatic carbocycles. The molecular weight excluding hydrogens is 250 g/mol. The van der Waals surface area contributed by atoms with Crippen LogP contribution in [-0.4, -0.2) is 43.0 Å². The van der Waals surface area contributed by atoms with Crippen molar-refractivity contribution in [2.45, 2.75) is 57.9 Å². The van der Waals surface area contributed by atoms with E-state index in [-0.39, 0.29) is 17.9 Å². The number of nitrogens with one attached hydrogen (secondary N) is 1. The molecular formula is C16H31N3O. The Hall–Kier alpha value is -0.610. The second-order valence-electron chi connectivity index (χ2n) is 6.64. The molecule has 3 atom stereocenters. The molecule has 0 aromatic heterocycles. The molecule has 1 heterocycles.